The smallest absolute Gasteiger partial charge is 0.132 e. The Balaban J connectivity index is 2.16. The molecule has 0 aliphatic carbocycles. The average Bonchev–Trinajstić information content (AvgIpc) is 2.44. The fourth-order valence-electron chi connectivity index (χ4n) is 1.87. The molecule has 0 spiro atoms. The first kappa shape index (κ1) is 14.3. The van der Waals surface area contributed by atoms with Crippen LogP contribution >= 0.6 is 0 Å². The van der Waals surface area contributed by atoms with Gasteiger partial charge in [-0.05, 0) is 56.4 Å². The Morgan fingerprint density at radius 3 is 2.40 bits per heavy atom. The minimum Gasteiger partial charge on any atom is -0.494 e. The third kappa shape index (κ3) is 3.71. The lowest BCUT2D eigenvalue weighted by Crippen LogP contribution is -2.06. The van der Waals surface area contributed by atoms with Gasteiger partial charge in [-0.3, -0.25) is 0 Å². The summed E-state index contributed by atoms with van der Waals surface area (Å²) in [4.78, 5) is 0. The predicted octanol–water partition coefficient (Wildman–Crippen LogP) is 3.74. The van der Waals surface area contributed by atoms with E-state index in [9.17, 15) is 4.39 Å². The normalized spacial score (nSPS) is 10.3. The van der Waals surface area contributed by atoms with Crippen molar-refractivity contribution in [1.82, 2.24) is 5.32 Å². The van der Waals surface area contributed by atoms with Crippen LogP contribution in [0.25, 0.3) is 0 Å². The van der Waals surface area contributed by atoms with Gasteiger partial charge in [0.2, 0.25) is 0 Å². The first-order chi connectivity index (χ1) is 9.72. The van der Waals surface area contributed by atoms with Gasteiger partial charge in [0.1, 0.15) is 23.1 Å². The molecule has 0 fully saturated rings. The maximum Gasteiger partial charge on any atom is 0.132 e. The van der Waals surface area contributed by atoms with Gasteiger partial charge in [0.05, 0.1) is 6.61 Å². The van der Waals surface area contributed by atoms with Crippen LogP contribution in [0, 0.1) is 5.82 Å². The molecule has 4 heteroatoms. The Labute approximate surface area is 118 Å². The summed E-state index contributed by atoms with van der Waals surface area (Å²) in [5.74, 6) is 1.87. The molecule has 2 aromatic carbocycles. The van der Waals surface area contributed by atoms with Gasteiger partial charge in [0, 0.05) is 12.1 Å². The van der Waals surface area contributed by atoms with E-state index in [-0.39, 0.29) is 5.82 Å². The fourth-order valence-corrected chi connectivity index (χ4v) is 1.87. The zero-order chi connectivity index (χ0) is 14.4. The van der Waals surface area contributed by atoms with Crippen LogP contribution in [-0.2, 0) is 6.54 Å². The van der Waals surface area contributed by atoms with Crippen LogP contribution in [0.5, 0.6) is 17.2 Å². The van der Waals surface area contributed by atoms with Gasteiger partial charge >= 0.3 is 0 Å². The molecule has 0 aliphatic heterocycles. The molecular weight excluding hydrogens is 257 g/mol. The Hall–Kier alpha value is -2.07. The van der Waals surface area contributed by atoms with Gasteiger partial charge < -0.3 is 14.8 Å². The van der Waals surface area contributed by atoms with Crippen molar-refractivity contribution in [2.45, 2.75) is 13.5 Å². The third-order valence-corrected chi connectivity index (χ3v) is 2.75. The lowest BCUT2D eigenvalue weighted by Gasteiger charge is -2.11. The highest BCUT2D eigenvalue weighted by atomic mass is 19.1. The van der Waals surface area contributed by atoms with Crippen molar-refractivity contribution < 1.29 is 13.9 Å². The Kier molecular flexibility index (Phi) is 4.96. The van der Waals surface area contributed by atoms with Crippen molar-refractivity contribution in [1.29, 1.82) is 0 Å². The SMILES string of the molecule is CCOc1ccc(Oc2ccc(F)cc2CNC)cc1. The lowest BCUT2D eigenvalue weighted by atomic mass is 10.2. The Morgan fingerprint density at radius 2 is 1.75 bits per heavy atom. The Morgan fingerprint density at radius 1 is 1.05 bits per heavy atom. The molecule has 2 rings (SSSR count). The van der Waals surface area contributed by atoms with E-state index < -0.39 is 0 Å². The predicted molar refractivity (Wildman–Crippen MR) is 76.8 cm³/mol. The quantitative estimate of drug-likeness (QED) is 0.871. The molecule has 0 amide bonds. The van der Waals surface area contributed by atoms with E-state index in [1.165, 1.54) is 12.1 Å². The average molecular weight is 275 g/mol. The lowest BCUT2D eigenvalue weighted by molar-refractivity contribution is 0.339. The number of rotatable bonds is 6. The molecule has 0 unspecified atom stereocenters. The van der Waals surface area contributed by atoms with Crippen molar-refractivity contribution in [3.05, 3.63) is 53.8 Å². The standard InChI is InChI=1S/C16H18FNO2/c1-3-19-14-5-7-15(8-6-14)20-16-9-4-13(17)10-12(16)11-18-2/h4-10,18H,3,11H2,1-2H3. The summed E-state index contributed by atoms with van der Waals surface area (Å²) < 4.78 is 24.4. The second-order valence-electron chi connectivity index (χ2n) is 4.29. The summed E-state index contributed by atoms with van der Waals surface area (Å²) in [5.41, 5.74) is 0.779. The summed E-state index contributed by atoms with van der Waals surface area (Å²) in [6, 6.07) is 11.9. The molecule has 3 nitrogen and oxygen atoms in total. The van der Waals surface area contributed by atoms with Crippen LogP contribution in [0.2, 0.25) is 0 Å². The molecule has 106 valence electrons. The van der Waals surface area contributed by atoms with Crippen LogP contribution in [0.4, 0.5) is 4.39 Å². The maximum atomic E-state index is 13.2. The molecule has 0 saturated heterocycles. The van der Waals surface area contributed by atoms with E-state index in [1.54, 1.807) is 6.07 Å². The van der Waals surface area contributed by atoms with Crippen LogP contribution in [0.1, 0.15) is 12.5 Å². The third-order valence-electron chi connectivity index (χ3n) is 2.75. The van der Waals surface area contributed by atoms with Crippen molar-refractivity contribution in [3.8, 4) is 17.2 Å². The number of hydrogen-bond acceptors (Lipinski definition) is 3. The first-order valence-corrected chi connectivity index (χ1v) is 6.56. The molecule has 0 aliphatic rings. The van der Waals surface area contributed by atoms with Crippen LogP contribution in [0.3, 0.4) is 0 Å². The van der Waals surface area contributed by atoms with Crippen molar-refractivity contribution in [2.24, 2.45) is 0 Å². The highest BCUT2D eigenvalue weighted by Crippen LogP contribution is 2.27. The van der Waals surface area contributed by atoms with E-state index >= 15 is 0 Å². The zero-order valence-electron chi connectivity index (χ0n) is 11.7. The van der Waals surface area contributed by atoms with Crippen molar-refractivity contribution >= 4 is 0 Å². The van der Waals surface area contributed by atoms with E-state index in [2.05, 4.69) is 5.32 Å². The summed E-state index contributed by atoms with van der Waals surface area (Å²) >= 11 is 0. The second-order valence-corrected chi connectivity index (χ2v) is 4.29. The van der Waals surface area contributed by atoms with Crippen LogP contribution in [0.15, 0.2) is 42.5 Å². The minimum atomic E-state index is -0.269. The number of benzene rings is 2. The Bertz CT molecular complexity index is 555. The van der Waals surface area contributed by atoms with Gasteiger partial charge in [-0.1, -0.05) is 0 Å². The largest absolute Gasteiger partial charge is 0.494 e. The molecule has 0 atom stereocenters. The zero-order valence-corrected chi connectivity index (χ0v) is 11.7. The van der Waals surface area contributed by atoms with E-state index in [4.69, 9.17) is 9.47 Å². The van der Waals surface area contributed by atoms with Gasteiger partial charge in [0.25, 0.3) is 0 Å². The monoisotopic (exact) mass is 275 g/mol. The van der Waals surface area contributed by atoms with Gasteiger partial charge in [-0.15, -0.1) is 0 Å². The van der Waals surface area contributed by atoms with E-state index in [1.807, 2.05) is 38.2 Å². The molecule has 0 radical (unpaired) electrons. The van der Waals surface area contributed by atoms with Crippen LogP contribution in [-0.4, -0.2) is 13.7 Å². The molecule has 1 N–H and O–H groups in total. The molecular formula is C16H18FNO2. The molecule has 0 aromatic heterocycles. The van der Waals surface area contributed by atoms with Gasteiger partial charge in [0.15, 0.2) is 0 Å². The summed E-state index contributed by atoms with van der Waals surface area (Å²) in [7, 11) is 1.81. The molecule has 0 heterocycles. The number of ether oxygens (including phenoxy) is 2. The molecule has 20 heavy (non-hydrogen) atoms. The highest BCUT2D eigenvalue weighted by Gasteiger charge is 2.06. The van der Waals surface area contributed by atoms with Crippen molar-refractivity contribution in [3.63, 3.8) is 0 Å². The molecule has 0 bridgehead atoms. The number of halogens is 1. The topological polar surface area (TPSA) is 30.5 Å². The highest BCUT2D eigenvalue weighted by molar-refractivity contribution is 5.39. The number of nitrogens with one attached hydrogen (secondary N) is 1. The van der Waals surface area contributed by atoms with Crippen molar-refractivity contribution in [2.75, 3.05) is 13.7 Å². The van der Waals surface area contributed by atoms with E-state index in [0.29, 0.717) is 24.7 Å². The summed E-state index contributed by atoms with van der Waals surface area (Å²) in [6.45, 7) is 3.11. The maximum absolute atomic E-state index is 13.2. The van der Waals surface area contributed by atoms with Crippen LogP contribution < -0.4 is 14.8 Å². The second kappa shape index (κ2) is 6.91. The fraction of sp³-hybridized carbons (Fsp3) is 0.250. The number of hydrogen-bond donors (Lipinski definition) is 1. The molecule has 2 aromatic rings. The van der Waals surface area contributed by atoms with E-state index in [0.717, 1.165) is 11.3 Å². The van der Waals surface area contributed by atoms with Gasteiger partial charge in [-0.2, -0.15) is 0 Å². The minimum absolute atomic E-state index is 0.269. The summed E-state index contributed by atoms with van der Waals surface area (Å²) in [6.07, 6.45) is 0. The first-order valence-electron chi connectivity index (χ1n) is 6.56. The summed E-state index contributed by atoms with van der Waals surface area (Å²) in [5, 5.41) is 3.00. The van der Waals surface area contributed by atoms with Gasteiger partial charge in [-0.25, -0.2) is 4.39 Å². The molecule has 0 saturated carbocycles.